The first kappa shape index (κ1) is 22.8. The number of para-hydroxylation sites is 2. The molecule has 0 aliphatic carbocycles. The molecule has 3 aromatic carbocycles. The van der Waals surface area contributed by atoms with Crippen molar-refractivity contribution in [3.8, 4) is 11.8 Å². The first-order chi connectivity index (χ1) is 15.3. The van der Waals surface area contributed by atoms with Crippen LogP contribution in [-0.2, 0) is 16.6 Å². The molecule has 0 radical (unpaired) electrons. The van der Waals surface area contributed by atoms with Crippen LogP contribution >= 0.6 is 0 Å². The second kappa shape index (κ2) is 9.54. The van der Waals surface area contributed by atoms with Crippen molar-refractivity contribution in [3.63, 3.8) is 0 Å². The maximum absolute atomic E-state index is 13.1. The molecule has 0 aromatic heterocycles. The summed E-state index contributed by atoms with van der Waals surface area (Å²) in [5, 5.41) is 8.89. The maximum Gasteiger partial charge on any atom is 0.264 e. The van der Waals surface area contributed by atoms with E-state index in [1.807, 2.05) is 0 Å². The lowest BCUT2D eigenvalue weighted by atomic mass is 10.1. The predicted octanol–water partition coefficient (Wildman–Crippen LogP) is 3.66. The molecule has 164 valence electrons. The van der Waals surface area contributed by atoms with Crippen LogP contribution in [0.4, 0.5) is 5.69 Å². The lowest BCUT2D eigenvalue weighted by Crippen LogP contribution is -2.28. The van der Waals surface area contributed by atoms with E-state index in [0.29, 0.717) is 29.1 Å². The standard InChI is InChI=1S/C24H23N3O4S/c1-26(17-19-10-8-18(16-25)9-11-19)24(28)20-12-14-21(15-13-20)32(29,30)27(2)22-6-4-5-7-23(22)31-3/h4-15H,17H2,1-3H3. The highest BCUT2D eigenvalue weighted by molar-refractivity contribution is 7.92. The number of carbonyl (C=O) groups excluding carboxylic acids is 1. The Morgan fingerprint density at radius 3 is 2.19 bits per heavy atom. The summed E-state index contributed by atoms with van der Waals surface area (Å²) < 4.78 is 32.5. The average Bonchev–Trinajstić information content (AvgIpc) is 2.83. The molecule has 0 aliphatic heterocycles. The number of methoxy groups -OCH3 is 1. The number of hydrogen-bond donors (Lipinski definition) is 0. The lowest BCUT2D eigenvalue weighted by molar-refractivity contribution is 0.0785. The van der Waals surface area contributed by atoms with Crippen LogP contribution in [0.25, 0.3) is 0 Å². The van der Waals surface area contributed by atoms with Gasteiger partial charge in [-0.25, -0.2) is 8.42 Å². The zero-order valence-electron chi connectivity index (χ0n) is 18.0. The normalized spacial score (nSPS) is 10.8. The first-order valence-corrected chi connectivity index (χ1v) is 11.2. The summed E-state index contributed by atoms with van der Waals surface area (Å²) in [5.41, 5.74) is 2.23. The van der Waals surface area contributed by atoms with Gasteiger partial charge in [0.2, 0.25) is 0 Å². The van der Waals surface area contributed by atoms with E-state index in [2.05, 4.69) is 6.07 Å². The molecule has 32 heavy (non-hydrogen) atoms. The van der Waals surface area contributed by atoms with Crippen molar-refractivity contribution in [2.45, 2.75) is 11.4 Å². The smallest absolute Gasteiger partial charge is 0.264 e. The van der Waals surface area contributed by atoms with Gasteiger partial charge in [0.1, 0.15) is 5.75 Å². The molecular weight excluding hydrogens is 426 g/mol. The summed E-state index contributed by atoms with van der Waals surface area (Å²) in [7, 11) is 0.763. The van der Waals surface area contributed by atoms with Gasteiger partial charge in [0, 0.05) is 26.2 Å². The third-order valence-corrected chi connectivity index (χ3v) is 6.82. The number of benzene rings is 3. The fourth-order valence-electron chi connectivity index (χ4n) is 3.20. The average molecular weight is 450 g/mol. The zero-order chi connectivity index (χ0) is 23.3. The Morgan fingerprint density at radius 2 is 1.59 bits per heavy atom. The van der Waals surface area contributed by atoms with Gasteiger partial charge in [-0.15, -0.1) is 0 Å². The monoisotopic (exact) mass is 449 g/mol. The molecule has 0 saturated heterocycles. The molecular formula is C24H23N3O4S. The van der Waals surface area contributed by atoms with Crippen LogP contribution in [0, 0.1) is 11.3 Å². The fourth-order valence-corrected chi connectivity index (χ4v) is 4.40. The fraction of sp³-hybridized carbons (Fsp3) is 0.167. The summed E-state index contributed by atoms with van der Waals surface area (Å²) in [6.07, 6.45) is 0. The number of hydrogen-bond acceptors (Lipinski definition) is 5. The van der Waals surface area contributed by atoms with Gasteiger partial charge in [-0.1, -0.05) is 24.3 Å². The Balaban J connectivity index is 1.77. The molecule has 0 unspecified atom stereocenters. The Bertz CT molecular complexity index is 1250. The molecule has 7 nitrogen and oxygen atoms in total. The van der Waals surface area contributed by atoms with E-state index in [0.717, 1.165) is 9.87 Å². The molecule has 0 spiro atoms. The van der Waals surface area contributed by atoms with Crippen LogP contribution in [-0.4, -0.2) is 40.4 Å². The number of amides is 1. The zero-order valence-corrected chi connectivity index (χ0v) is 18.8. The third-order valence-electron chi connectivity index (χ3n) is 5.03. The van der Waals surface area contributed by atoms with Gasteiger partial charge in [0.25, 0.3) is 15.9 Å². The van der Waals surface area contributed by atoms with Crippen LogP contribution in [0.3, 0.4) is 0 Å². The first-order valence-electron chi connectivity index (χ1n) is 9.74. The van der Waals surface area contributed by atoms with Crippen LogP contribution in [0.1, 0.15) is 21.5 Å². The SMILES string of the molecule is COc1ccccc1N(C)S(=O)(=O)c1ccc(C(=O)N(C)Cc2ccc(C#N)cc2)cc1. The highest BCUT2D eigenvalue weighted by Crippen LogP contribution is 2.30. The highest BCUT2D eigenvalue weighted by Gasteiger charge is 2.24. The minimum absolute atomic E-state index is 0.0669. The molecule has 0 saturated carbocycles. The number of sulfonamides is 1. The van der Waals surface area contributed by atoms with Crippen molar-refractivity contribution in [3.05, 3.63) is 89.5 Å². The van der Waals surface area contributed by atoms with E-state index >= 15 is 0 Å². The Morgan fingerprint density at radius 1 is 0.969 bits per heavy atom. The Hall–Kier alpha value is -3.83. The number of rotatable bonds is 7. The summed E-state index contributed by atoms with van der Waals surface area (Å²) in [5.74, 6) is 0.200. The van der Waals surface area contributed by atoms with Crippen molar-refractivity contribution in [2.24, 2.45) is 0 Å². The minimum atomic E-state index is -3.84. The van der Waals surface area contributed by atoms with Crippen LogP contribution in [0.2, 0.25) is 0 Å². The summed E-state index contributed by atoms with van der Waals surface area (Å²) in [6.45, 7) is 0.362. The maximum atomic E-state index is 13.1. The van der Waals surface area contributed by atoms with Crippen molar-refractivity contribution < 1.29 is 17.9 Å². The molecule has 0 bridgehead atoms. The molecule has 8 heteroatoms. The van der Waals surface area contributed by atoms with Gasteiger partial charge in [-0.2, -0.15) is 5.26 Å². The molecule has 0 atom stereocenters. The van der Waals surface area contributed by atoms with Crippen LogP contribution < -0.4 is 9.04 Å². The van der Waals surface area contributed by atoms with Gasteiger partial charge >= 0.3 is 0 Å². The minimum Gasteiger partial charge on any atom is -0.495 e. The van der Waals surface area contributed by atoms with E-state index in [1.54, 1.807) is 55.6 Å². The number of ether oxygens (including phenoxy) is 1. The van der Waals surface area contributed by atoms with Gasteiger partial charge < -0.3 is 9.64 Å². The summed E-state index contributed by atoms with van der Waals surface area (Å²) in [6, 6.07) is 21.7. The lowest BCUT2D eigenvalue weighted by Gasteiger charge is -2.22. The molecule has 3 aromatic rings. The summed E-state index contributed by atoms with van der Waals surface area (Å²) in [4.78, 5) is 14.4. The van der Waals surface area contributed by atoms with Gasteiger partial charge in [0.05, 0.1) is 29.3 Å². The van der Waals surface area contributed by atoms with Crippen molar-refractivity contribution in [2.75, 3.05) is 25.5 Å². The van der Waals surface area contributed by atoms with Crippen LogP contribution in [0.5, 0.6) is 5.75 Å². The number of nitriles is 1. The largest absolute Gasteiger partial charge is 0.495 e. The van der Waals surface area contributed by atoms with Crippen molar-refractivity contribution >= 4 is 21.6 Å². The molecule has 0 aliphatic rings. The summed E-state index contributed by atoms with van der Waals surface area (Å²) >= 11 is 0. The van der Waals surface area contributed by atoms with Gasteiger partial charge in [-0.3, -0.25) is 9.10 Å². The van der Waals surface area contributed by atoms with Crippen molar-refractivity contribution in [1.29, 1.82) is 5.26 Å². The van der Waals surface area contributed by atoms with E-state index in [-0.39, 0.29) is 10.8 Å². The molecule has 0 N–H and O–H groups in total. The van der Waals surface area contributed by atoms with E-state index in [1.165, 1.54) is 43.3 Å². The second-order valence-corrected chi connectivity index (χ2v) is 9.11. The van der Waals surface area contributed by atoms with Crippen LogP contribution in [0.15, 0.2) is 77.7 Å². The molecule has 0 heterocycles. The Kier molecular flexibility index (Phi) is 6.81. The van der Waals surface area contributed by atoms with E-state index < -0.39 is 10.0 Å². The molecule has 1 amide bonds. The quantitative estimate of drug-likeness (QED) is 0.549. The van der Waals surface area contributed by atoms with E-state index in [9.17, 15) is 13.2 Å². The number of carbonyl (C=O) groups is 1. The predicted molar refractivity (Wildman–Crippen MR) is 122 cm³/mol. The highest BCUT2D eigenvalue weighted by atomic mass is 32.2. The number of nitrogens with zero attached hydrogens (tertiary/aromatic N) is 3. The van der Waals surface area contributed by atoms with Crippen molar-refractivity contribution in [1.82, 2.24) is 4.90 Å². The topological polar surface area (TPSA) is 90.7 Å². The Labute approximate surface area is 188 Å². The van der Waals surface area contributed by atoms with E-state index in [4.69, 9.17) is 10.00 Å². The third kappa shape index (κ3) is 4.74. The molecule has 3 rings (SSSR count). The van der Waals surface area contributed by atoms with Gasteiger partial charge in [-0.05, 0) is 54.1 Å². The number of anilines is 1. The molecule has 0 fully saturated rings. The van der Waals surface area contributed by atoms with Gasteiger partial charge in [0.15, 0.2) is 0 Å². The second-order valence-electron chi connectivity index (χ2n) is 7.14.